The van der Waals surface area contributed by atoms with Gasteiger partial charge in [-0.05, 0) is 47.2 Å². The molecule has 5 heteroatoms. The van der Waals surface area contributed by atoms with Gasteiger partial charge in [0.15, 0.2) is 23.0 Å². The number of methoxy groups -OCH3 is 1. The Morgan fingerprint density at radius 1 is 0.920 bits per heavy atom. The highest BCUT2D eigenvalue weighted by atomic mass is 16.7. The highest BCUT2D eigenvalue weighted by Crippen LogP contribution is 2.50. The Balaban J connectivity index is 1.63. The van der Waals surface area contributed by atoms with Gasteiger partial charge in [-0.2, -0.15) is 0 Å². The van der Waals surface area contributed by atoms with Crippen molar-refractivity contribution in [3.8, 4) is 23.0 Å². The summed E-state index contributed by atoms with van der Waals surface area (Å²) in [4.78, 5) is 0. The maximum Gasteiger partial charge on any atom is 0.231 e. The van der Waals surface area contributed by atoms with Crippen molar-refractivity contribution in [2.24, 2.45) is 11.8 Å². The number of phenolic OH excluding ortho intramolecular Hbond substituents is 1. The van der Waals surface area contributed by atoms with E-state index in [9.17, 15) is 5.11 Å². The van der Waals surface area contributed by atoms with Gasteiger partial charge >= 0.3 is 0 Å². The molecule has 0 unspecified atom stereocenters. The summed E-state index contributed by atoms with van der Waals surface area (Å²) < 4.78 is 22.5. The van der Waals surface area contributed by atoms with Crippen molar-refractivity contribution in [1.82, 2.24) is 0 Å². The third-order valence-corrected chi connectivity index (χ3v) is 5.34. The van der Waals surface area contributed by atoms with Gasteiger partial charge in [0, 0.05) is 0 Å². The van der Waals surface area contributed by atoms with E-state index in [1.807, 2.05) is 30.3 Å². The Labute approximate surface area is 147 Å². The lowest BCUT2D eigenvalue weighted by molar-refractivity contribution is 0.0288. The number of fused-ring (bicyclic) bond motifs is 1. The molecule has 0 spiro atoms. The minimum Gasteiger partial charge on any atom is -0.504 e. The van der Waals surface area contributed by atoms with Crippen LogP contribution in [0.15, 0.2) is 36.4 Å². The first-order chi connectivity index (χ1) is 12.1. The molecule has 0 saturated carbocycles. The second kappa shape index (κ2) is 6.15. The molecular formula is C20H22O5. The lowest BCUT2D eigenvalue weighted by atomic mass is 9.85. The van der Waals surface area contributed by atoms with Crippen molar-refractivity contribution in [3.63, 3.8) is 0 Å². The molecule has 2 heterocycles. The largest absolute Gasteiger partial charge is 0.504 e. The van der Waals surface area contributed by atoms with Crippen LogP contribution in [0.1, 0.15) is 37.2 Å². The first kappa shape index (κ1) is 16.1. The van der Waals surface area contributed by atoms with E-state index in [-0.39, 0.29) is 24.8 Å². The number of hydrogen-bond donors (Lipinski definition) is 1. The van der Waals surface area contributed by atoms with Gasteiger partial charge in [-0.25, -0.2) is 0 Å². The van der Waals surface area contributed by atoms with Crippen LogP contribution in [0.4, 0.5) is 0 Å². The zero-order chi connectivity index (χ0) is 17.6. The molecular weight excluding hydrogens is 320 g/mol. The summed E-state index contributed by atoms with van der Waals surface area (Å²) in [6.07, 6.45) is -0.0748. The second-order valence-corrected chi connectivity index (χ2v) is 6.74. The van der Waals surface area contributed by atoms with E-state index < -0.39 is 0 Å². The average Bonchev–Trinajstić information content (AvgIpc) is 3.20. The number of rotatable bonds is 3. The average molecular weight is 342 g/mol. The maximum atomic E-state index is 9.82. The van der Waals surface area contributed by atoms with Crippen molar-refractivity contribution < 1.29 is 24.1 Å². The molecule has 0 aromatic heterocycles. The molecule has 4 rings (SSSR count). The highest BCUT2D eigenvalue weighted by molar-refractivity contribution is 5.46. The molecule has 2 aromatic carbocycles. The Bertz CT molecular complexity index is 767. The van der Waals surface area contributed by atoms with Gasteiger partial charge in [0.25, 0.3) is 0 Å². The van der Waals surface area contributed by atoms with Crippen LogP contribution in [0.3, 0.4) is 0 Å². The van der Waals surface area contributed by atoms with Crippen LogP contribution in [0.5, 0.6) is 23.0 Å². The van der Waals surface area contributed by atoms with E-state index in [2.05, 4.69) is 13.8 Å². The normalized spacial score (nSPS) is 27.5. The van der Waals surface area contributed by atoms with Crippen LogP contribution in [-0.4, -0.2) is 19.0 Å². The first-order valence-electron chi connectivity index (χ1n) is 8.50. The zero-order valence-electron chi connectivity index (χ0n) is 14.6. The molecule has 1 N–H and O–H groups in total. The Morgan fingerprint density at radius 3 is 2.28 bits per heavy atom. The highest BCUT2D eigenvalue weighted by Gasteiger charge is 2.41. The molecule has 1 fully saturated rings. The molecule has 2 aliphatic rings. The smallest absolute Gasteiger partial charge is 0.231 e. The van der Waals surface area contributed by atoms with E-state index >= 15 is 0 Å². The third-order valence-electron chi connectivity index (χ3n) is 5.34. The van der Waals surface area contributed by atoms with Crippen LogP contribution < -0.4 is 14.2 Å². The minimum absolute atomic E-state index is 0.0192. The summed E-state index contributed by atoms with van der Waals surface area (Å²) in [6.45, 7) is 4.67. The van der Waals surface area contributed by atoms with Crippen molar-refractivity contribution in [3.05, 3.63) is 47.5 Å². The summed E-state index contributed by atoms with van der Waals surface area (Å²) in [5.74, 6) is 2.82. The number of phenols is 1. The van der Waals surface area contributed by atoms with Gasteiger partial charge in [0.1, 0.15) is 0 Å². The molecule has 1 saturated heterocycles. The van der Waals surface area contributed by atoms with Crippen LogP contribution in [0, 0.1) is 11.8 Å². The van der Waals surface area contributed by atoms with Gasteiger partial charge in [-0.3, -0.25) is 0 Å². The lowest BCUT2D eigenvalue weighted by Gasteiger charge is -2.17. The van der Waals surface area contributed by atoms with Crippen molar-refractivity contribution in [2.75, 3.05) is 13.9 Å². The van der Waals surface area contributed by atoms with Crippen molar-refractivity contribution >= 4 is 0 Å². The molecule has 0 amide bonds. The monoisotopic (exact) mass is 342 g/mol. The Hall–Kier alpha value is -2.40. The predicted molar refractivity (Wildman–Crippen MR) is 92.1 cm³/mol. The minimum atomic E-state index is -0.0556. The fourth-order valence-electron chi connectivity index (χ4n) is 3.68. The lowest BCUT2D eigenvalue weighted by Crippen LogP contribution is -2.09. The van der Waals surface area contributed by atoms with Gasteiger partial charge in [-0.1, -0.05) is 26.0 Å². The molecule has 25 heavy (non-hydrogen) atoms. The summed E-state index contributed by atoms with van der Waals surface area (Å²) in [7, 11) is 1.55. The summed E-state index contributed by atoms with van der Waals surface area (Å²) in [5, 5.41) is 9.82. The van der Waals surface area contributed by atoms with Gasteiger partial charge in [0.05, 0.1) is 19.3 Å². The van der Waals surface area contributed by atoms with Crippen LogP contribution in [0.25, 0.3) is 0 Å². The molecule has 132 valence electrons. The Kier molecular flexibility index (Phi) is 3.96. The summed E-state index contributed by atoms with van der Waals surface area (Å²) >= 11 is 0. The van der Waals surface area contributed by atoms with Crippen molar-refractivity contribution in [1.29, 1.82) is 0 Å². The Morgan fingerprint density at radius 2 is 1.56 bits per heavy atom. The molecule has 0 radical (unpaired) electrons. The fourth-order valence-corrected chi connectivity index (χ4v) is 3.68. The van der Waals surface area contributed by atoms with Gasteiger partial charge < -0.3 is 24.1 Å². The number of benzene rings is 2. The number of hydrogen-bond acceptors (Lipinski definition) is 5. The van der Waals surface area contributed by atoms with Crippen LogP contribution >= 0.6 is 0 Å². The molecule has 4 atom stereocenters. The summed E-state index contributed by atoms with van der Waals surface area (Å²) in [5.41, 5.74) is 2.11. The third kappa shape index (κ3) is 2.68. The fraction of sp³-hybridized carbons (Fsp3) is 0.400. The van der Waals surface area contributed by atoms with E-state index in [4.69, 9.17) is 18.9 Å². The van der Waals surface area contributed by atoms with Crippen molar-refractivity contribution in [2.45, 2.75) is 26.1 Å². The molecule has 0 aliphatic carbocycles. The molecule has 2 aromatic rings. The molecule has 5 nitrogen and oxygen atoms in total. The topological polar surface area (TPSA) is 57.2 Å². The molecule has 2 aliphatic heterocycles. The van der Waals surface area contributed by atoms with E-state index in [0.717, 1.165) is 22.6 Å². The van der Waals surface area contributed by atoms with E-state index in [0.29, 0.717) is 17.6 Å². The standard InChI is InChI=1S/C20H22O5/c1-11-12(2)20(14-5-7-16-18(9-14)24-10-23-16)25-19(11)13-4-6-15(21)17(8-13)22-3/h4-9,11-12,19-21H,10H2,1-3H3/t11-,12-,19-,20-/m1/s1. The van der Waals surface area contributed by atoms with E-state index in [1.54, 1.807) is 13.2 Å². The predicted octanol–water partition coefficient (Wildman–Crippen LogP) is 4.21. The van der Waals surface area contributed by atoms with Crippen LogP contribution in [0.2, 0.25) is 0 Å². The van der Waals surface area contributed by atoms with Gasteiger partial charge in [-0.15, -0.1) is 0 Å². The zero-order valence-corrected chi connectivity index (χ0v) is 14.6. The summed E-state index contributed by atoms with van der Waals surface area (Å²) in [6, 6.07) is 11.4. The van der Waals surface area contributed by atoms with E-state index in [1.165, 1.54) is 0 Å². The quantitative estimate of drug-likeness (QED) is 0.905. The number of ether oxygens (including phenoxy) is 4. The number of aromatic hydroxyl groups is 1. The first-order valence-corrected chi connectivity index (χ1v) is 8.50. The van der Waals surface area contributed by atoms with Gasteiger partial charge in [0.2, 0.25) is 6.79 Å². The molecule has 0 bridgehead atoms. The second-order valence-electron chi connectivity index (χ2n) is 6.74. The van der Waals surface area contributed by atoms with Crippen LogP contribution in [-0.2, 0) is 4.74 Å². The maximum absolute atomic E-state index is 9.82. The SMILES string of the molecule is COc1cc([C@@H]2O[C@@H](c3ccc4c(c3)OCO4)[C@H](C)[C@H]2C)ccc1O.